The van der Waals surface area contributed by atoms with Crippen LogP contribution in [-0.4, -0.2) is 47.9 Å². The number of H-pyrrole nitrogens is 1. The van der Waals surface area contributed by atoms with E-state index in [0.717, 1.165) is 19.5 Å². The summed E-state index contributed by atoms with van der Waals surface area (Å²) in [6.45, 7) is 5.41. The van der Waals surface area contributed by atoms with Crippen LogP contribution in [0.3, 0.4) is 0 Å². The SMILES string of the molecule is Cc1ncc(S(=O)(=O)N2C(C)CC3CNCC32)[nH]1. The van der Waals surface area contributed by atoms with Crippen LogP contribution in [-0.2, 0) is 10.0 Å². The molecule has 3 atom stereocenters. The van der Waals surface area contributed by atoms with Crippen LogP contribution in [0.4, 0.5) is 0 Å². The van der Waals surface area contributed by atoms with Crippen LogP contribution in [0.5, 0.6) is 0 Å². The molecule has 6 nitrogen and oxygen atoms in total. The van der Waals surface area contributed by atoms with E-state index in [2.05, 4.69) is 15.3 Å². The quantitative estimate of drug-likeness (QED) is 0.798. The van der Waals surface area contributed by atoms with Crippen LogP contribution in [0.25, 0.3) is 0 Å². The van der Waals surface area contributed by atoms with Crippen molar-refractivity contribution in [1.82, 2.24) is 19.6 Å². The number of nitrogens with zero attached hydrogens (tertiary/aromatic N) is 2. The molecule has 100 valence electrons. The Hall–Kier alpha value is -0.920. The highest BCUT2D eigenvalue weighted by atomic mass is 32.2. The first-order valence-electron chi connectivity index (χ1n) is 6.26. The fourth-order valence-corrected chi connectivity index (χ4v) is 5.04. The first kappa shape index (κ1) is 12.1. The number of aromatic amines is 1. The van der Waals surface area contributed by atoms with E-state index < -0.39 is 10.0 Å². The highest BCUT2D eigenvalue weighted by molar-refractivity contribution is 7.89. The highest BCUT2D eigenvalue weighted by Crippen LogP contribution is 2.36. The number of imidazole rings is 1. The summed E-state index contributed by atoms with van der Waals surface area (Å²) in [7, 11) is -3.45. The maximum absolute atomic E-state index is 12.6. The van der Waals surface area contributed by atoms with Crippen molar-refractivity contribution in [3.05, 3.63) is 12.0 Å². The predicted octanol–water partition coefficient (Wildman–Crippen LogP) is 0.0890. The summed E-state index contributed by atoms with van der Waals surface area (Å²) in [5, 5.41) is 3.48. The molecule has 0 saturated carbocycles. The van der Waals surface area contributed by atoms with Gasteiger partial charge in [0.15, 0.2) is 5.03 Å². The molecule has 2 fully saturated rings. The lowest BCUT2D eigenvalue weighted by Gasteiger charge is -2.25. The minimum Gasteiger partial charge on any atom is -0.332 e. The number of hydrogen-bond donors (Lipinski definition) is 2. The van der Waals surface area contributed by atoms with Crippen LogP contribution in [0, 0.1) is 12.8 Å². The Bertz CT molecular complexity index is 553. The molecular formula is C11H18N4O2S. The Labute approximate surface area is 107 Å². The number of hydrogen-bond acceptors (Lipinski definition) is 4. The Morgan fingerprint density at radius 2 is 2.22 bits per heavy atom. The summed E-state index contributed by atoms with van der Waals surface area (Å²) in [5.74, 6) is 1.07. The fraction of sp³-hybridized carbons (Fsp3) is 0.727. The molecule has 0 amide bonds. The first-order chi connectivity index (χ1) is 8.50. The molecule has 0 aliphatic carbocycles. The molecule has 2 N–H and O–H groups in total. The van der Waals surface area contributed by atoms with Gasteiger partial charge in [0.25, 0.3) is 10.0 Å². The molecule has 0 spiro atoms. The molecule has 0 bridgehead atoms. The Morgan fingerprint density at radius 3 is 2.89 bits per heavy atom. The number of sulfonamides is 1. The zero-order valence-electron chi connectivity index (χ0n) is 10.5. The summed E-state index contributed by atoms with van der Waals surface area (Å²) in [5.41, 5.74) is 0. The summed E-state index contributed by atoms with van der Waals surface area (Å²) in [4.78, 5) is 6.82. The van der Waals surface area contributed by atoms with Crippen molar-refractivity contribution in [2.24, 2.45) is 5.92 Å². The molecule has 1 aromatic rings. The number of rotatable bonds is 2. The molecule has 3 unspecified atom stereocenters. The van der Waals surface area contributed by atoms with E-state index in [9.17, 15) is 8.42 Å². The normalized spacial score (nSPS) is 32.9. The van der Waals surface area contributed by atoms with E-state index in [1.807, 2.05) is 6.92 Å². The van der Waals surface area contributed by atoms with Gasteiger partial charge in [-0.1, -0.05) is 0 Å². The van der Waals surface area contributed by atoms with Crippen molar-refractivity contribution >= 4 is 10.0 Å². The third-order valence-electron chi connectivity index (χ3n) is 3.94. The Kier molecular flexibility index (Phi) is 2.72. The van der Waals surface area contributed by atoms with Gasteiger partial charge in [0.05, 0.1) is 6.20 Å². The standard InChI is InChI=1S/C11H18N4O2S/c1-7-3-9-4-12-5-10(9)15(7)18(16,17)11-6-13-8(2)14-11/h6-7,9-10,12H,3-5H2,1-2H3,(H,13,14). The van der Waals surface area contributed by atoms with Crippen molar-refractivity contribution < 1.29 is 8.42 Å². The smallest absolute Gasteiger partial charge is 0.260 e. The van der Waals surface area contributed by atoms with Crippen LogP contribution in [0.2, 0.25) is 0 Å². The van der Waals surface area contributed by atoms with Crippen molar-refractivity contribution in [3.63, 3.8) is 0 Å². The molecule has 2 aliphatic rings. The van der Waals surface area contributed by atoms with E-state index >= 15 is 0 Å². The summed E-state index contributed by atoms with van der Waals surface area (Å²) in [6, 6.07) is 0.157. The fourth-order valence-electron chi connectivity index (χ4n) is 3.18. The largest absolute Gasteiger partial charge is 0.332 e. The molecule has 3 heterocycles. The zero-order valence-corrected chi connectivity index (χ0v) is 11.4. The van der Waals surface area contributed by atoms with Crippen molar-refractivity contribution in [1.29, 1.82) is 0 Å². The van der Waals surface area contributed by atoms with Crippen LogP contribution in [0.15, 0.2) is 11.2 Å². The Balaban J connectivity index is 1.98. The van der Waals surface area contributed by atoms with Crippen LogP contribution in [0.1, 0.15) is 19.2 Å². The highest BCUT2D eigenvalue weighted by Gasteiger charge is 2.48. The Morgan fingerprint density at radius 1 is 1.44 bits per heavy atom. The lowest BCUT2D eigenvalue weighted by Crippen LogP contribution is -2.42. The third-order valence-corrected chi connectivity index (χ3v) is 5.89. The van der Waals surface area contributed by atoms with Crippen LogP contribution < -0.4 is 5.32 Å². The topological polar surface area (TPSA) is 78.1 Å². The van der Waals surface area contributed by atoms with Crippen molar-refractivity contribution in [2.75, 3.05) is 13.1 Å². The number of fused-ring (bicyclic) bond motifs is 1. The molecule has 2 aliphatic heterocycles. The third kappa shape index (κ3) is 1.69. The maximum Gasteiger partial charge on any atom is 0.260 e. The number of nitrogens with one attached hydrogen (secondary N) is 2. The minimum absolute atomic E-state index is 0.0655. The average Bonchev–Trinajstić information content (AvgIpc) is 2.92. The second-order valence-corrected chi connectivity index (χ2v) is 7.05. The molecule has 1 aromatic heterocycles. The van der Waals surface area contributed by atoms with Gasteiger partial charge in [-0.2, -0.15) is 4.31 Å². The second kappa shape index (κ2) is 4.04. The van der Waals surface area contributed by atoms with E-state index in [4.69, 9.17) is 0 Å². The van der Waals surface area contributed by atoms with Gasteiger partial charge in [0, 0.05) is 18.6 Å². The van der Waals surface area contributed by atoms with Gasteiger partial charge >= 0.3 is 0 Å². The lowest BCUT2D eigenvalue weighted by molar-refractivity contribution is 0.334. The average molecular weight is 270 g/mol. The number of aromatic nitrogens is 2. The number of aryl methyl sites for hydroxylation is 1. The lowest BCUT2D eigenvalue weighted by atomic mass is 10.0. The molecular weight excluding hydrogens is 252 g/mol. The molecule has 0 aromatic carbocycles. The molecule has 3 rings (SSSR count). The molecule has 2 saturated heterocycles. The van der Waals surface area contributed by atoms with E-state index in [1.165, 1.54) is 6.20 Å². The van der Waals surface area contributed by atoms with Crippen molar-refractivity contribution in [2.45, 2.75) is 37.4 Å². The van der Waals surface area contributed by atoms with Gasteiger partial charge in [0.2, 0.25) is 0 Å². The molecule has 18 heavy (non-hydrogen) atoms. The van der Waals surface area contributed by atoms with E-state index in [0.29, 0.717) is 11.7 Å². The summed E-state index contributed by atoms with van der Waals surface area (Å²) >= 11 is 0. The van der Waals surface area contributed by atoms with E-state index in [-0.39, 0.29) is 17.1 Å². The summed E-state index contributed by atoms with van der Waals surface area (Å²) in [6.07, 6.45) is 2.34. The molecule has 0 radical (unpaired) electrons. The maximum atomic E-state index is 12.6. The van der Waals surface area contributed by atoms with Crippen molar-refractivity contribution in [3.8, 4) is 0 Å². The summed E-state index contributed by atoms with van der Waals surface area (Å²) < 4.78 is 26.9. The predicted molar refractivity (Wildman–Crippen MR) is 66.6 cm³/mol. The van der Waals surface area contributed by atoms with Gasteiger partial charge in [-0.3, -0.25) is 0 Å². The molecule has 7 heteroatoms. The monoisotopic (exact) mass is 270 g/mol. The second-order valence-electron chi connectivity index (χ2n) is 5.24. The van der Waals surface area contributed by atoms with Gasteiger partial charge in [0.1, 0.15) is 5.82 Å². The minimum atomic E-state index is -3.45. The van der Waals surface area contributed by atoms with Gasteiger partial charge in [-0.15, -0.1) is 0 Å². The zero-order chi connectivity index (χ0) is 12.9. The van der Waals surface area contributed by atoms with Gasteiger partial charge in [-0.05, 0) is 32.7 Å². The van der Waals surface area contributed by atoms with Gasteiger partial charge < -0.3 is 10.3 Å². The van der Waals surface area contributed by atoms with Gasteiger partial charge in [-0.25, -0.2) is 13.4 Å². The first-order valence-corrected chi connectivity index (χ1v) is 7.70. The van der Waals surface area contributed by atoms with E-state index in [1.54, 1.807) is 11.2 Å². The van der Waals surface area contributed by atoms with Crippen LogP contribution >= 0.6 is 0 Å².